The lowest BCUT2D eigenvalue weighted by Crippen LogP contribution is -2.30. The summed E-state index contributed by atoms with van der Waals surface area (Å²) >= 11 is 0. The zero-order chi connectivity index (χ0) is 17.5. The molecular weight excluding hydrogens is 334 g/mol. The summed E-state index contributed by atoms with van der Waals surface area (Å²) in [7, 11) is 0. The van der Waals surface area contributed by atoms with Crippen molar-refractivity contribution in [1.29, 1.82) is 0 Å². The summed E-state index contributed by atoms with van der Waals surface area (Å²) in [6, 6.07) is 11.4. The number of likely N-dealkylation sites (tertiary alicyclic amines) is 1. The first kappa shape index (κ1) is 15.4. The van der Waals surface area contributed by atoms with Gasteiger partial charge in [-0.3, -0.25) is 4.79 Å². The van der Waals surface area contributed by atoms with E-state index in [2.05, 4.69) is 0 Å². The van der Waals surface area contributed by atoms with Crippen molar-refractivity contribution in [2.24, 2.45) is 0 Å². The van der Waals surface area contributed by atoms with Gasteiger partial charge in [0.1, 0.15) is 13.2 Å². The fourth-order valence-electron chi connectivity index (χ4n) is 3.82. The van der Waals surface area contributed by atoms with Gasteiger partial charge in [-0.2, -0.15) is 0 Å². The van der Waals surface area contributed by atoms with Gasteiger partial charge in [-0.05, 0) is 48.7 Å². The molecule has 26 heavy (non-hydrogen) atoms. The number of hydrogen-bond donors (Lipinski definition) is 0. The molecule has 3 aliphatic rings. The van der Waals surface area contributed by atoms with Crippen LogP contribution >= 0.6 is 0 Å². The van der Waals surface area contributed by atoms with Crippen LogP contribution in [0.4, 0.5) is 0 Å². The molecule has 0 N–H and O–H groups in total. The first-order valence-corrected chi connectivity index (χ1v) is 8.90. The predicted octanol–water partition coefficient (Wildman–Crippen LogP) is 3.16. The molecule has 6 nitrogen and oxygen atoms in total. The van der Waals surface area contributed by atoms with Crippen molar-refractivity contribution < 1.29 is 23.7 Å². The highest BCUT2D eigenvalue weighted by atomic mass is 16.7. The van der Waals surface area contributed by atoms with Crippen LogP contribution in [0.25, 0.3) is 0 Å². The van der Waals surface area contributed by atoms with Crippen molar-refractivity contribution in [3.63, 3.8) is 0 Å². The van der Waals surface area contributed by atoms with Gasteiger partial charge in [-0.25, -0.2) is 0 Å². The number of fused-ring (bicyclic) bond motifs is 2. The molecule has 0 bridgehead atoms. The highest BCUT2D eigenvalue weighted by molar-refractivity contribution is 5.95. The summed E-state index contributed by atoms with van der Waals surface area (Å²) in [6.45, 7) is 2.08. The monoisotopic (exact) mass is 353 g/mol. The Morgan fingerprint density at radius 3 is 2.54 bits per heavy atom. The Morgan fingerprint density at radius 2 is 1.62 bits per heavy atom. The minimum atomic E-state index is 0.0145. The molecule has 0 radical (unpaired) electrons. The Kier molecular flexibility index (Phi) is 3.62. The van der Waals surface area contributed by atoms with Gasteiger partial charge >= 0.3 is 0 Å². The fourth-order valence-corrected chi connectivity index (χ4v) is 3.82. The van der Waals surface area contributed by atoms with E-state index < -0.39 is 0 Å². The summed E-state index contributed by atoms with van der Waals surface area (Å²) in [5.74, 6) is 2.86. The zero-order valence-electron chi connectivity index (χ0n) is 14.3. The largest absolute Gasteiger partial charge is 0.486 e. The molecule has 0 aliphatic carbocycles. The molecule has 3 aliphatic heterocycles. The second-order valence-corrected chi connectivity index (χ2v) is 6.63. The Labute approximate surface area is 151 Å². The maximum atomic E-state index is 13.1. The molecular formula is C20H19NO5. The summed E-state index contributed by atoms with van der Waals surface area (Å²) in [5.41, 5.74) is 1.71. The number of benzene rings is 2. The van der Waals surface area contributed by atoms with Crippen molar-refractivity contribution >= 4 is 5.91 Å². The van der Waals surface area contributed by atoms with E-state index in [0.717, 1.165) is 36.4 Å². The maximum absolute atomic E-state index is 13.1. The third-order valence-electron chi connectivity index (χ3n) is 5.08. The van der Waals surface area contributed by atoms with Crippen molar-refractivity contribution in [1.82, 2.24) is 4.90 Å². The minimum absolute atomic E-state index is 0.0145. The number of carbonyl (C=O) groups excluding carboxylic acids is 1. The van der Waals surface area contributed by atoms with Gasteiger partial charge in [-0.15, -0.1) is 0 Å². The fraction of sp³-hybridized carbons (Fsp3) is 0.350. The highest BCUT2D eigenvalue weighted by Crippen LogP contribution is 2.39. The number of carbonyl (C=O) groups is 1. The zero-order valence-corrected chi connectivity index (χ0v) is 14.3. The van der Waals surface area contributed by atoms with E-state index in [1.165, 1.54) is 0 Å². The quantitative estimate of drug-likeness (QED) is 0.830. The topological polar surface area (TPSA) is 57.2 Å². The molecule has 0 spiro atoms. The number of hydrogen-bond acceptors (Lipinski definition) is 5. The molecule has 3 heterocycles. The Balaban J connectivity index is 1.42. The normalized spacial score (nSPS) is 20.3. The number of nitrogens with zero attached hydrogens (tertiary/aromatic N) is 1. The van der Waals surface area contributed by atoms with Crippen molar-refractivity contribution in [2.45, 2.75) is 18.9 Å². The minimum Gasteiger partial charge on any atom is -0.486 e. The molecule has 5 rings (SSSR count). The van der Waals surface area contributed by atoms with Gasteiger partial charge in [0.15, 0.2) is 23.0 Å². The maximum Gasteiger partial charge on any atom is 0.254 e. The lowest BCUT2D eigenvalue weighted by Gasteiger charge is -2.27. The molecule has 0 saturated carbocycles. The number of rotatable bonds is 2. The molecule has 0 aromatic heterocycles. The van der Waals surface area contributed by atoms with Crippen molar-refractivity contribution in [2.75, 3.05) is 26.6 Å². The summed E-state index contributed by atoms with van der Waals surface area (Å²) in [6.07, 6.45) is 1.92. The molecule has 1 fully saturated rings. The molecule has 6 heteroatoms. The molecule has 1 saturated heterocycles. The van der Waals surface area contributed by atoms with Gasteiger partial charge < -0.3 is 23.8 Å². The van der Waals surface area contributed by atoms with E-state index >= 15 is 0 Å². The highest BCUT2D eigenvalue weighted by Gasteiger charge is 2.32. The predicted molar refractivity (Wildman–Crippen MR) is 93.0 cm³/mol. The van der Waals surface area contributed by atoms with Gasteiger partial charge in [0.05, 0.1) is 6.04 Å². The summed E-state index contributed by atoms with van der Waals surface area (Å²) in [4.78, 5) is 15.0. The number of amides is 1. The van der Waals surface area contributed by atoms with Crippen LogP contribution in [0.3, 0.4) is 0 Å². The van der Waals surface area contributed by atoms with Gasteiger partial charge in [0, 0.05) is 12.1 Å². The summed E-state index contributed by atoms with van der Waals surface area (Å²) < 4.78 is 22.0. The third kappa shape index (κ3) is 2.53. The molecule has 2 aromatic carbocycles. The lowest BCUT2D eigenvalue weighted by molar-refractivity contribution is 0.0734. The Morgan fingerprint density at radius 1 is 0.885 bits per heavy atom. The van der Waals surface area contributed by atoms with E-state index in [1.807, 2.05) is 23.1 Å². The Bertz CT molecular complexity index is 865. The molecule has 1 amide bonds. The average Bonchev–Trinajstić information content (AvgIpc) is 3.35. The smallest absolute Gasteiger partial charge is 0.254 e. The van der Waals surface area contributed by atoms with Crippen LogP contribution < -0.4 is 18.9 Å². The van der Waals surface area contributed by atoms with Gasteiger partial charge in [-0.1, -0.05) is 6.07 Å². The second-order valence-electron chi connectivity index (χ2n) is 6.63. The van der Waals surface area contributed by atoms with Crippen LogP contribution in [0, 0.1) is 0 Å². The van der Waals surface area contributed by atoms with Gasteiger partial charge in [0.2, 0.25) is 6.79 Å². The van der Waals surface area contributed by atoms with Crippen molar-refractivity contribution in [3.8, 4) is 23.0 Å². The van der Waals surface area contributed by atoms with Crippen LogP contribution in [0.15, 0.2) is 36.4 Å². The van der Waals surface area contributed by atoms with Crippen LogP contribution in [-0.2, 0) is 0 Å². The van der Waals surface area contributed by atoms with E-state index in [-0.39, 0.29) is 18.7 Å². The lowest BCUT2D eigenvalue weighted by atomic mass is 10.0. The second kappa shape index (κ2) is 6.12. The van der Waals surface area contributed by atoms with Crippen LogP contribution in [-0.4, -0.2) is 37.4 Å². The van der Waals surface area contributed by atoms with E-state index in [9.17, 15) is 4.79 Å². The van der Waals surface area contributed by atoms with Crippen LogP contribution in [0.5, 0.6) is 23.0 Å². The SMILES string of the molecule is O=C(c1ccc2c(c1)OCO2)N1CCCC1c1ccc2c(c1)OCCO2. The standard InChI is InChI=1S/C20H19NO5/c22-20(14-4-6-17-19(11-14)26-12-25-17)21-7-1-2-15(21)13-3-5-16-18(10-13)24-9-8-23-16/h3-6,10-11,15H,1-2,7-9,12H2. The van der Waals surface area contributed by atoms with Crippen molar-refractivity contribution in [3.05, 3.63) is 47.5 Å². The molecule has 134 valence electrons. The number of ether oxygens (including phenoxy) is 4. The van der Waals surface area contributed by atoms with E-state index in [1.54, 1.807) is 18.2 Å². The van der Waals surface area contributed by atoms with Crippen LogP contribution in [0.2, 0.25) is 0 Å². The molecule has 1 unspecified atom stereocenters. The first-order chi connectivity index (χ1) is 12.8. The van der Waals surface area contributed by atoms with E-state index in [0.29, 0.717) is 30.3 Å². The molecule has 2 aromatic rings. The third-order valence-corrected chi connectivity index (χ3v) is 5.08. The average molecular weight is 353 g/mol. The van der Waals surface area contributed by atoms with Gasteiger partial charge in [0.25, 0.3) is 5.91 Å². The van der Waals surface area contributed by atoms with Crippen LogP contribution in [0.1, 0.15) is 34.8 Å². The van der Waals surface area contributed by atoms with E-state index in [4.69, 9.17) is 18.9 Å². The Hall–Kier alpha value is -2.89. The molecule has 1 atom stereocenters. The first-order valence-electron chi connectivity index (χ1n) is 8.90. The summed E-state index contributed by atoms with van der Waals surface area (Å²) in [5, 5.41) is 0.